The van der Waals surface area contributed by atoms with E-state index in [1.165, 1.54) is 0 Å². The first-order valence-electron chi connectivity index (χ1n) is 5.77. The normalized spacial score (nSPS) is 12.8. The summed E-state index contributed by atoms with van der Waals surface area (Å²) >= 11 is 0. The summed E-state index contributed by atoms with van der Waals surface area (Å²) in [5.74, 6) is 0.915. The van der Waals surface area contributed by atoms with E-state index in [4.69, 9.17) is 10.5 Å². The van der Waals surface area contributed by atoms with Gasteiger partial charge in [0.05, 0.1) is 0 Å². The lowest BCUT2D eigenvalue weighted by Crippen LogP contribution is -2.20. The molecule has 3 heteroatoms. The van der Waals surface area contributed by atoms with Crippen molar-refractivity contribution in [2.45, 2.75) is 19.4 Å². The monoisotopic (exact) mass is 222 g/mol. The summed E-state index contributed by atoms with van der Waals surface area (Å²) in [4.78, 5) is 2.10. The van der Waals surface area contributed by atoms with Crippen LogP contribution in [0.3, 0.4) is 0 Å². The molecule has 3 nitrogen and oxygen atoms in total. The average molecular weight is 222 g/mol. The van der Waals surface area contributed by atoms with Crippen LogP contribution in [0.15, 0.2) is 24.3 Å². The molecule has 0 unspecified atom stereocenters. The number of benzene rings is 1. The highest BCUT2D eigenvalue weighted by Crippen LogP contribution is 2.25. The SMILES string of the molecule is CC[C@@H](N)c1ccccc1OCCN(C)C. The lowest BCUT2D eigenvalue weighted by atomic mass is 10.0. The summed E-state index contributed by atoms with van der Waals surface area (Å²) in [6.07, 6.45) is 0.925. The van der Waals surface area contributed by atoms with Gasteiger partial charge in [-0.15, -0.1) is 0 Å². The molecule has 0 bridgehead atoms. The molecule has 1 aromatic rings. The minimum atomic E-state index is 0.0653. The number of para-hydroxylation sites is 1. The van der Waals surface area contributed by atoms with E-state index < -0.39 is 0 Å². The minimum absolute atomic E-state index is 0.0653. The van der Waals surface area contributed by atoms with Gasteiger partial charge in [0, 0.05) is 18.2 Å². The largest absolute Gasteiger partial charge is 0.492 e. The van der Waals surface area contributed by atoms with Crippen LogP contribution in [0.2, 0.25) is 0 Å². The van der Waals surface area contributed by atoms with Gasteiger partial charge < -0.3 is 15.4 Å². The second-order valence-corrected chi connectivity index (χ2v) is 4.20. The van der Waals surface area contributed by atoms with Crippen molar-refractivity contribution in [3.05, 3.63) is 29.8 Å². The predicted molar refractivity (Wildman–Crippen MR) is 67.7 cm³/mol. The van der Waals surface area contributed by atoms with Crippen LogP contribution in [0.4, 0.5) is 0 Å². The molecule has 0 saturated heterocycles. The molecule has 16 heavy (non-hydrogen) atoms. The zero-order valence-corrected chi connectivity index (χ0v) is 10.4. The zero-order chi connectivity index (χ0) is 12.0. The minimum Gasteiger partial charge on any atom is -0.492 e. The third-order valence-corrected chi connectivity index (χ3v) is 2.55. The quantitative estimate of drug-likeness (QED) is 0.800. The van der Waals surface area contributed by atoms with Crippen LogP contribution in [0.5, 0.6) is 5.75 Å². The molecule has 1 aromatic carbocycles. The molecule has 0 aliphatic carbocycles. The van der Waals surface area contributed by atoms with Crippen molar-refractivity contribution in [1.29, 1.82) is 0 Å². The van der Waals surface area contributed by atoms with Crippen LogP contribution in [-0.4, -0.2) is 32.1 Å². The van der Waals surface area contributed by atoms with E-state index in [1.54, 1.807) is 0 Å². The smallest absolute Gasteiger partial charge is 0.124 e. The molecule has 0 amide bonds. The van der Waals surface area contributed by atoms with E-state index in [0.717, 1.165) is 24.3 Å². The molecule has 0 aliphatic rings. The van der Waals surface area contributed by atoms with Crippen LogP contribution in [-0.2, 0) is 0 Å². The Morgan fingerprint density at radius 3 is 2.62 bits per heavy atom. The van der Waals surface area contributed by atoms with Crippen LogP contribution in [0.1, 0.15) is 24.9 Å². The first kappa shape index (κ1) is 13.0. The van der Waals surface area contributed by atoms with E-state index in [-0.39, 0.29) is 6.04 Å². The molecule has 0 saturated carbocycles. The van der Waals surface area contributed by atoms with Crippen LogP contribution in [0.25, 0.3) is 0 Å². The second kappa shape index (κ2) is 6.51. The van der Waals surface area contributed by atoms with Crippen molar-refractivity contribution in [3.63, 3.8) is 0 Å². The first-order valence-corrected chi connectivity index (χ1v) is 5.77. The zero-order valence-electron chi connectivity index (χ0n) is 10.4. The number of rotatable bonds is 6. The number of ether oxygens (including phenoxy) is 1. The van der Waals surface area contributed by atoms with E-state index >= 15 is 0 Å². The molecule has 0 aliphatic heterocycles. The summed E-state index contributed by atoms with van der Waals surface area (Å²) in [7, 11) is 4.07. The Kier molecular flexibility index (Phi) is 5.29. The van der Waals surface area contributed by atoms with Gasteiger partial charge in [0.15, 0.2) is 0 Å². The van der Waals surface area contributed by atoms with Gasteiger partial charge in [-0.3, -0.25) is 0 Å². The summed E-state index contributed by atoms with van der Waals surface area (Å²) < 4.78 is 5.75. The lowest BCUT2D eigenvalue weighted by molar-refractivity contribution is 0.258. The van der Waals surface area contributed by atoms with Crippen molar-refractivity contribution in [3.8, 4) is 5.75 Å². The molecule has 1 atom stereocenters. The Labute approximate surface area is 98.2 Å². The van der Waals surface area contributed by atoms with Crippen molar-refractivity contribution in [2.75, 3.05) is 27.2 Å². The summed E-state index contributed by atoms with van der Waals surface area (Å²) in [5, 5.41) is 0. The third kappa shape index (κ3) is 3.83. The highest BCUT2D eigenvalue weighted by Gasteiger charge is 2.09. The third-order valence-electron chi connectivity index (χ3n) is 2.55. The highest BCUT2D eigenvalue weighted by atomic mass is 16.5. The molecule has 90 valence electrons. The Balaban J connectivity index is 2.64. The lowest BCUT2D eigenvalue weighted by Gasteiger charge is -2.16. The fourth-order valence-electron chi connectivity index (χ4n) is 1.48. The molecular weight excluding hydrogens is 200 g/mol. The van der Waals surface area contributed by atoms with Crippen molar-refractivity contribution < 1.29 is 4.74 Å². The molecule has 0 spiro atoms. The van der Waals surface area contributed by atoms with E-state index in [2.05, 4.69) is 11.8 Å². The topological polar surface area (TPSA) is 38.5 Å². The highest BCUT2D eigenvalue weighted by molar-refractivity contribution is 5.35. The van der Waals surface area contributed by atoms with Gasteiger partial charge in [-0.05, 0) is 26.6 Å². The predicted octanol–water partition coefficient (Wildman–Crippen LogP) is 2.04. The van der Waals surface area contributed by atoms with Gasteiger partial charge in [0.2, 0.25) is 0 Å². The van der Waals surface area contributed by atoms with Crippen LogP contribution < -0.4 is 10.5 Å². The Bertz CT molecular complexity index is 313. The Morgan fingerprint density at radius 1 is 1.31 bits per heavy atom. The van der Waals surface area contributed by atoms with Gasteiger partial charge in [-0.25, -0.2) is 0 Å². The van der Waals surface area contributed by atoms with E-state index in [0.29, 0.717) is 6.61 Å². The molecule has 0 fully saturated rings. The van der Waals surface area contributed by atoms with Crippen molar-refractivity contribution >= 4 is 0 Å². The molecule has 1 rings (SSSR count). The summed E-state index contributed by atoms with van der Waals surface area (Å²) in [6, 6.07) is 8.08. The molecule has 0 aromatic heterocycles. The van der Waals surface area contributed by atoms with Gasteiger partial charge in [-0.1, -0.05) is 25.1 Å². The second-order valence-electron chi connectivity index (χ2n) is 4.20. The fraction of sp³-hybridized carbons (Fsp3) is 0.538. The van der Waals surface area contributed by atoms with Crippen LogP contribution >= 0.6 is 0 Å². The molecule has 2 N–H and O–H groups in total. The van der Waals surface area contributed by atoms with Gasteiger partial charge >= 0.3 is 0 Å². The maximum atomic E-state index is 6.04. The number of nitrogens with zero attached hydrogens (tertiary/aromatic N) is 1. The Hall–Kier alpha value is -1.06. The van der Waals surface area contributed by atoms with Gasteiger partial charge in [0.25, 0.3) is 0 Å². The maximum Gasteiger partial charge on any atom is 0.124 e. The van der Waals surface area contributed by atoms with Crippen molar-refractivity contribution in [1.82, 2.24) is 4.90 Å². The summed E-state index contributed by atoms with van der Waals surface area (Å²) in [6.45, 7) is 3.69. The average Bonchev–Trinajstić information content (AvgIpc) is 2.28. The van der Waals surface area contributed by atoms with Gasteiger partial charge in [0.1, 0.15) is 12.4 Å². The maximum absolute atomic E-state index is 6.04. The standard InChI is InChI=1S/C13H22N2O/c1-4-12(14)11-7-5-6-8-13(11)16-10-9-15(2)3/h5-8,12H,4,9-10,14H2,1-3H3/t12-/m1/s1. The van der Waals surface area contributed by atoms with Crippen molar-refractivity contribution in [2.24, 2.45) is 5.73 Å². The summed E-state index contributed by atoms with van der Waals surface area (Å²) in [5.41, 5.74) is 7.14. The molecule has 0 radical (unpaired) electrons. The number of nitrogens with two attached hydrogens (primary N) is 1. The number of hydrogen-bond donors (Lipinski definition) is 1. The molecular formula is C13H22N2O. The molecule has 0 heterocycles. The number of hydrogen-bond acceptors (Lipinski definition) is 3. The van der Waals surface area contributed by atoms with Crippen LogP contribution in [0, 0.1) is 0 Å². The number of likely N-dealkylation sites (N-methyl/N-ethyl adjacent to an activating group) is 1. The van der Waals surface area contributed by atoms with Gasteiger partial charge in [-0.2, -0.15) is 0 Å². The fourth-order valence-corrected chi connectivity index (χ4v) is 1.48. The van der Waals surface area contributed by atoms with E-state index in [9.17, 15) is 0 Å². The van der Waals surface area contributed by atoms with E-state index in [1.807, 2.05) is 38.4 Å². The first-order chi connectivity index (χ1) is 7.65. The Morgan fingerprint density at radius 2 is 2.00 bits per heavy atom.